The molecule has 5 rings (SSSR count). The molecule has 6 heteroatoms. The zero-order valence-corrected chi connectivity index (χ0v) is 23.7. The van der Waals surface area contributed by atoms with Gasteiger partial charge in [0.05, 0.1) is 5.60 Å². The van der Waals surface area contributed by atoms with E-state index in [1.54, 1.807) is 0 Å². The molecule has 0 bridgehead atoms. The fourth-order valence-electron chi connectivity index (χ4n) is 8.48. The molecule has 0 amide bonds. The Labute approximate surface area is 233 Å². The number of carboxylic acid groups (broad SMARTS) is 1. The van der Waals surface area contributed by atoms with Crippen LogP contribution in [0.5, 0.6) is 11.5 Å². The zero-order chi connectivity index (χ0) is 27.8. The molecule has 39 heavy (non-hydrogen) atoms. The Morgan fingerprint density at radius 3 is 2.54 bits per heavy atom. The highest BCUT2D eigenvalue weighted by Crippen LogP contribution is 2.68. The molecule has 3 N–H and O–H groups in total. The van der Waals surface area contributed by atoms with Crippen LogP contribution in [-0.2, 0) is 11.2 Å². The van der Waals surface area contributed by atoms with Crippen molar-refractivity contribution < 1.29 is 24.9 Å². The van der Waals surface area contributed by atoms with E-state index in [4.69, 9.17) is 4.74 Å². The molecule has 6 nitrogen and oxygen atoms in total. The van der Waals surface area contributed by atoms with E-state index in [2.05, 4.69) is 56.0 Å². The number of carbonyl (C=O) groups is 1. The van der Waals surface area contributed by atoms with Crippen molar-refractivity contribution in [1.82, 2.24) is 4.90 Å². The minimum absolute atomic E-state index is 0.000785. The third kappa shape index (κ3) is 5.18. The van der Waals surface area contributed by atoms with Crippen LogP contribution in [0.25, 0.3) is 0 Å². The maximum absolute atomic E-state index is 12.0. The van der Waals surface area contributed by atoms with Crippen molar-refractivity contribution in [3.63, 3.8) is 0 Å². The fourth-order valence-corrected chi connectivity index (χ4v) is 8.48. The largest absolute Gasteiger partial charge is 0.508 e. The summed E-state index contributed by atoms with van der Waals surface area (Å²) < 4.78 is 6.07. The van der Waals surface area contributed by atoms with Crippen molar-refractivity contribution in [2.45, 2.75) is 83.2 Å². The van der Waals surface area contributed by atoms with Gasteiger partial charge in [-0.3, -0.25) is 4.79 Å². The molecule has 3 aliphatic carbocycles. The Balaban J connectivity index is 1.46. The van der Waals surface area contributed by atoms with Crippen LogP contribution in [0, 0.1) is 17.3 Å². The van der Waals surface area contributed by atoms with Crippen molar-refractivity contribution in [1.29, 1.82) is 0 Å². The minimum Gasteiger partial charge on any atom is -0.508 e. The van der Waals surface area contributed by atoms with Crippen molar-refractivity contribution in [3.8, 4) is 11.5 Å². The second kappa shape index (κ2) is 11.1. The molecule has 2 saturated carbocycles. The first-order chi connectivity index (χ1) is 18.7. The van der Waals surface area contributed by atoms with Crippen LogP contribution in [-0.4, -0.2) is 58.0 Å². The minimum atomic E-state index is -0.970. The first-order valence-electron chi connectivity index (χ1n) is 14.9. The lowest BCUT2D eigenvalue weighted by Crippen LogP contribution is -2.53. The Morgan fingerprint density at radius 2 is 1.85 bits per heavy atom. The van der Waals surface area contributed by atoms with Gasteiger partial charge in [-0.15, -0.1) is 0 Å². The highest BCUT2D eigenvalue weighted by Gasteiger charge is 2.63. The van der Waals surface area contributed by atoms with E-state index in [-0.39, 0.29) is 17.8 Å². The third-order valence-electron chi connectivity index (χ3n) is 10.7. The molecule has 2 aromatic rings. The summed E-state index contributed by atoms with van der Waals surface area (Å²) in [7, 11) is 0. The molecule has 3 aliphatic rings. The number of benzene rings is 2. The van der Waals surface area contributed by atoms with Gasteiger partial charge < -0.3 is 25.0 Å². The third-order valence-corrected chi connectivity index (χ3v) is 10.7. The van der Waals surface area contributed by atoms with E-state index in [1.807, 2.05) is 12.1 Å². The predicted octanol–water partition coefficient (Wildman–Crippen LogP) is 5.96. The summed E-state index contributed by atoms with van der Waals surface area (Å²) in [5.41, 5.74) is 2.50. The standard InChI is InChI=1S/C33H45NO5/c1-4-34(5-2)18-19-39-25-10-6-22(7-11-25)28-21-32(3)29(14-16-33(32,38)17-15-30(36)37)27-12-8-23-20-24(35)9-13-26(23)31(27)28/h6-7,9-11,13,20,27-29,31,35,38H,4-5,8,12,14-19,21H2,1-3H3,(H,36,37)/t27-,28+,29-,31+,32-,33+/m0/s1. The average molecular weight is 536 g/mol. The molecule has 2 aromatic carbocycles. The number of phenolic OH excluding ortho intramolecular Hbond substituents is 1. The molecule has 212 valence electrons. The van der Waals surface area contributed by atoms with Gasteiger partial charge in [-0.1, -0.05) is 39.0 Å². The van der Waals surface area contributed by atoms with Crippen LogP contribution in [0.3, 0.4) is 0 Å². The number of aliphatic carboxylic acids is 1. The van der Waals surface area contributed by atoms with Crippen LogP contribution >= 0.6 is 0 Å². The molecule has 0 saturated heterocycles. The number of ether oxygens (including phenoxy) is 1. The molecule has 6 atom stereocenters. The quantitative estimate of drug-likeness (QED) is 0.348. The smallest absolute Gasteiger partial charge is 0.303 e. The van der Waals surface area contributed by atoms with Crippen LogP contribution < -0.4 is 4.74 Å². The number of likely N-dealkylation sites (N-methyl/N-ethyl adjacent to an activating group) is 1. The van der Waals surface area contributed by atoms with E-state index < -0.39 is 11.6 Å². The molecule has 2 fully saturated rings. The van der Waals surface area contributed by atoms with Crippen LogP contribution in [0.15, 0.2) is 42.5 Å². The van der Waals surface area contributed by atoms with Gasteiger partial charge in [0.15, 0.2) is 0 Å². The number of carboxylic acids is 1. The van der Waals surface area contributed by atoms with E-state index >= 15 is 0 Å². The zero-order valence-electron chi connectivity index (χ0n) is 23.7. The van der Waals surface area contributed by atoms with E-state index in [9.17, 15) is 20.1 Å². The van der Waals surface area contributed by atoms with Gasteiger partial charge in [-0.05, 0) is 116 Å². The normalized spacial score (nSPS) is 31.4. The average Bonchev–Trinajstić information content (AvgIpc) is 3.20. The lowest BCUT2D eigenvalue weighted by atomic mass is 9.49. The highest BCUT2D eigenvalue weighted by atomic mass is 16.5. The predicted molar refractivity (Wildman–Crippen MR) is 152 cm³/mol. The molecule has 0 radical (unpaired) electrons. The van der Waals surface area contributed by atoms with Crippen LogP contribution in [0.4, 0.5) is 0 Å². The number of aromatic hydroxyl groups is 1. The summed E-state index contributed by atoms with van der Waals surface area (Å²) in [6.07, 6.45) is 4.68. The maximum Gasteiger partial charge on any atom is 0.303 e. The summed E-state index contributed by atoms with van der Waals surface area (Å²) in [6.45, 7) is 10.1. The molecule has 0 heterocycles. The number of hydrogen-bond acceptors (Lipinski definition) is 5. The molecular weight excluding hydrogens is 490 g/mol. The Kier molecular flexibility index (Phi) is 7.98. The van der Waals surface area contributed by atoms with Crippen LogP contribution in [0.1, 0.15) is 87.8 Å². The monoisotopic (exact) mass is 535 g/mol. The number of fused-ring (bicyclic) bond motifs is 5. The lowest BCUT2D eigenvalue weighted by Gasteiger charge is -2.56. The topological polar surface area (TPSA) is 90.2 Å². The van der Waals surface area contributed by atoms with Crippen LogP contribution in [0.2, 0.25) is 0 Å². The fraction of sp³-hybridized carbons (Fsp3) is 0.606. The summed E-state index contributed by atoms with van der Waals surface area (Å²) in [5, 5.41) is 31.6. The Bertz CT molecular complexity index is 1160. The van der Waals surface area contributed by atoms with Gasteiger partial charge in [0.2, 0.25) is 0 Å². The van der Waals surface area contributed by atoms with Gasteiger partial charge in [-0.25, -0.2) is 0 Å². The highest BCUT2D eigenvalue weighted by molar-refractivity contribution is 5.66. The van der Waals surface area contributed by atoms with Crippen molar-refractivity contribution in [3.05, 3.63) is 59.2 Å². The van der Waals surface area contributed by atoms with Crippen molar-refractivity contribution in [2.24, 2.45) is 17.3 Å². The van der Waals surface area contributed by atoms with E-state index in [1.165, 1.54) is 16.7 Å². The Hall–Kier alpha value is -2.57. The summed E-state index contributed by atoms with van der Waals surface area (Å²) in [6, 6.07) is 14.4. The molecule has 0 aliphatic heterocycles. The first-order valence-corrected chi connectivity index (χ1v) is 14.9. The van der Waals surface area contributed by atoms with Gasteiger partial charge in [0.1, 0.15) is 18.1 Å². The van der Waals surface area contributed by atoms with E-state index in [0.717, 1.165) is 51.1 Å². The van der Waals surface area contributed by atoms with E-state index in [0.29, 0.717) is 43.0 Å². The van der Waals surface area contributed by atoms with Gasteiger partial charge in [-0.2, -0.15) is 0 Å². The maximum atomic E-state index is 12.0. The molecule has 0 spiro atoms. The molecular formula is C33H45NO5. The summed E-state index contributed by atoms with van der Waals surface area (Å²) in [4.78, 5) is 13.8. The number of hydrogen-bond donors (Lipinski definition) is 3. The number of aryl methyl sites for hydroxylation is 1. The summed E-state index contributed by atoms with van der Waals surface area (Å²) in [5.74, 6) is 1.61. The number of phenols is 1. The second-order valence-electron chi connectivity index (χ2n) is 12.4. The molecule has 0 unspecified atom stereocenters. The van der Waals surface area contributed by atoms with Crippen molar-refractivity contribution in [2.75, 3.05) is 26.2 Å². The van der Waals surface area contributed by atoms with Gasteiger partial charge >= 0.3 is 5.97 Å². The number of rotatable bonds is 10. The van der Waals surface area contributed by atoms with Gasteiger partial charge in [0, 0.05) is 18.4 Å². The number of nitrogens with zero attached hydrogens (tertiary/aromatic N) is 1. The second-order valence-corrected chi connectivity index (χ2v) is 12.4. The first kappa shape index (κ1) is 28.0. The SMILES string of the molecule is CCN(CC)CCOc1ccc([C@H]2C[C@@]3(C)[C@@H](CC[C@@]3(O)CCC(=O)O)[C@@H]3CCc4cc(O)ccc4[C@H]32)cc1. The Morgan fingerprint density at radius 1 is 1.10 bits per heavy atom. The number of aliphatic hydroxyl groups is 1. The van der Waals surface area contributed by atoms with Crippen molar-refractivity contribution >= 4 is 5.97 Å². The molecule has 0 aromatic heterocycles. The lowest BCUT2D eigenvalue weighted by molar-refractivity contribution is -0.143. The van der Waals surface area contributed by atoms with Gasteiger partial charge in [0.25, 0.3) is 0 Å². The summed E-state index contributed by atoms with van der Waals surface area (Å²) >= 11 is 0.